The van der Waals surface area contributed by atoms with Crippen LogP contribution in [0.15, 0.2) is 89.8 Å². The Hall–Kier alpha value is -2.21. The van der Waals surface area contributed by atoms with Crippen LogP contribution in [0.2, 0.25) is 19.1 Å². The third-order valence-corrected chi connectivity index (χ3v) is 11.5. The number of nitrogens with zero attached hydrogens (tertiary/aromatic N) is 1. The van der Waals surface area contributed by atoms with Crippen molar-refractivity contribution in [2.24, 2.45) is 0 Å². The first-order valence-corrected chi connectivity index (χ1v) is 16.3. The predicted octanol–water partition coefficient (Wildman–Crippen LogP) is 6.03. The molecule has 1 aliphatic heterocycles. The molecule has 5 heteroatoms. The third kappa shape index (κ3) is 5.06. The highest BCUT2D eigenvalue weighted by Crippen LogP contribution is 2.41. The van der Waals surface area contributed by atoms with Gasteiger partial charge >= 0.3 is 0 Å². The smallest absolute Gasteiger partial charge is 0.207 e. The van der Waals surface area contributed by atoms with E-state index in [1.54, 1.807) is 12.1 Å². The Kier molecular flexibility index (Phi) is 6.70. The lowest BCUT2D eigenvalue weighted by Gasteiger charge is -2.34. The fraction of sp³-hybridized carbons (Fsp3) is 0.333. The minimum Gasteiger partial charge on any atom is -0.207 e. The van der Waals surface area contributed by atoms with Crippen molar-refractivity contribution >= 4 is 18.1 Å². The van der Waals surface area contributed by atoms with Crippen molar-refractivity contribution in [2.45, 2.75) is 55.4 Å². The molecule has 0 amide bonds. The quantitative estimate of drug-likeness (QED) is 0.401. The van der Waals surface area contributed by atoms with Crippen LogP contribution in [-0.2, 0) is 16.1 Å². The van der Waals surface area contributed by atoms with Crippen molar-refractivity contribution < 1.29 is 8.42 Å². The van der Waals surface area contributed by atoms with E-state index >= 15 is 0 Å². The Morgan fingerprint density at radius 1 is 0.875 bits per heavy atom. The van der Waals surface area contributed by atoms with Crippen molar-refractivity contribution in [3.8, 4) is 0 Å². The van der Waals surface area contributed by atoms with Crippen molar-refractivity contribution in [1.82, 2.24) is 4.31 Å². The Labute approximate surface area is 194 Å². The summed E-state index contributed by atoms with van der Waals surface area (Å²) in [6, 6.07) is 30.4. The lowest BCUT2D eigenvalue weighted by atomic mass is 9.93. The maximum atomic E-state index is 13.7. The average molecular weight is 464 g/mol. The maximum absolute atomic E-state index is 13.7. The minimum atomic E-state index is -3.54. The molecule has 0 aromatic heterocycles. The van der Waals surface area contributed by atoms with Crippen molar-refractivity contribution in [3.05, 3.63) is 102 Å². The van der Waals surface area contributed by atoms with Gasteiger partial charge in [0, 0.05) is 18.5 Å². The van der Waals surface area contributed by atoms with Gasteiger partial charge < -0.3 is 0 Å². The molecule has 0 spiro atoms. The molecule has 3 nitrogen and oxygen atoms in total. The number of benzene rings is 3. The van der Waals surface area contributed by atoms with Gasteiger partial charge in [0.15, 0.2) is 0 Å². The number of hydrogen-bond donors (Lipinski definition) is 0. The molecule has 0 unspecified atom stereocenters. The van der Waals surface area contributed by atoms with Gasteiger partial charge in [-0.2, -0.15) is 4.31 Å². The molecule has 3 aromatic rings. The Balaban J connectivity index is 1.67. The number of hydrogen-bond acceptors (Lipinski definition) is 2. The Morgan fingerprint density at radius 2 is 1.47 bits per heavy atom. The monoisotopic (exact) mass is 463 g/mol. The summed E-state index contributed by atoms with van der Waals surface area (Å²) in [5.74, 6) is 0.235. The lowest BCUT2D eigenvalue weighted by molar-refractivity contribution is 0.390. The summed E-state index contributed by atoms with van der Waals surface area (Å²) in [6.07, 6.45) is 0.871. The van der Waals surface area contributed by atoms with E-state index in [0.717, 1.165) is 24.1 Å². The molecule has 0 radical (unpaired) electrons. The highest BCUT2D eigenvalue weighted by atomic mass is 32.2. The van der Waals surface area contributed by atoms with Crippen LogP contribution in [0.5, 0.6) is 0 Å². The fourth-order valence-electron chi connectivity index (χ4n) is 5.09. The zero-order chi connectivity index (χ0) is 22.8. The van der Waals surface area contributed by atoms with Gasteiger partial charge in [0.05, 0.1) is 13.0 Å². The van der Waals surface area contributed by atoms with Crippen molar-refractivity contribution in [2.75, 3.05) is 6.54 Å². The molecule has 1 aliphatic rings. The molecular formula is C27H33NO2SSi. The van der Waals surface area contributed by atoms with E-state index in [0.29, 0.717) is 11.4 Å². The van der Waals surface area contributed by atoms with Crippen LogP contribution in [0.3, 0.4) is 0 Å². The minimum absolute atomic E-state index is 0.00548. The first-order valence-electron chi connectivity index (χ1n) is 11.4. The van der Waals surface area contributed by atoms with Crippen LogP contribution in [-0.4, -0.2) is 33.4 Å². The van der Waals surface area contributed by atoms with E-state index in [9.17, 15) is 8.42 Å². The third-order valence-electron chi connectivity index (χ3n) is 6.64. The summed E-state index contributed by atoms with van der Waals surface area (Å²) < 4.78 is 29.3. The molecular weight excluding hydrogens is 430 g/mol. The summed E-state index contributed by atoms with van der Waals surface area (Å²) in [7, 11) is -5.26. The predicted molar refractivity (Wildman–Crippen MR) is 135 cm³/mol. The van der Waals surface area contributed by atoms with Gasteiger partial charge in [0.1, 0.15) is 0 Å². The highest BCUT2D eigenvalue weighted by molar-refractivity contribution is 7.89. The Morgan fingerprint density at radius 3 is 2.09 bits per heavy atom. The summed E-state index contributed by atoms with van der Waals surface area (Å²) in [4.78, 5) is 0.407. The van der Waals surface area contributed by atoms with Gasteiger partial charge in [-0.15, -0.1) is 0 Å². The number of rotatable bonds is 7. The van der Waals surface area contributed by atoms with Crippen LogP contribution in [0.25, 0.3) is 0 Å². The zero-order valence-electron chi connectivity index (χ0n) is 19.2. The number of aryl methyl sites for hydroxylation is 1. The second-order valence-electron chi connectivity index (χ2n) is 9.83. The van der Waals surface area contributed by atoms with Gasteiger partial charge in [-0.25, -0.2) is 8.42 Å². The lowest BCUT2D eigenvalue weighted by Crippen LogP contribution is -2.44. The standard InChI is InChI=1S/C27H33NO2SSi/c1-22-14-16-25(17-15-22)31(29,30)28-19-18-26(24-12-8-5-9-13-24)27(28)21-32(2,3)20-23-10-6-4-7-11-23/h4-17,26-27H,18-21H2,1-3H3/t26-,27-/m0/s1. The molecule has 0 N–H and O–H groups in total. The van der Waals surface area contributed by atoms with Crippen LogP contribution >= 0.6 is 0 Å². The van der Waals surface area contributed by atoms with Gasteiger partial charge in [-0.1, -0.05) is 97.0 Å². The maximum Gasteiger partial charge on any atom is 0.243 e. The topological polar surface area (TPSA) is 37.4 Å². The van der Waals surface area contributed by atoms with Gasteiger partial charge in [-0.3, -0.25) is 0 Å². The average Bonchev–Trinajstić information content (AvgIpc) is 3.18. The van der Waals surface area contributed by atoms with E-state index in [4.69, 9.17) is 0 Å². The fourth-order valence-corrected chi connectivity index (χ4v) is 10.0. The highest BCUT2D eigenvalue weighted by Gasteiger charge is 2.44. The van der Waals surface area contributed by atoms with E-state index in [1.807, 2.05) is 29.4 Å². The van der Waals surface area contributed by atoms with Crippen LogP contribution in [0.4, 0.5) is 0 Å². The second kappa shape index (κ2) is 9.34. The van der Waals surface area contributed by atoms with E-state index < -0.39 is 18.1 Å². The van der Waals surface area contributed by atoms with E-state index in [2.05, 4.69) is 67.7 Å². The summed E-state index contributed by atoms with van der Waals surface area (Å²) in [6.45, 7) is 7.36. The van der Waals surface area contributed by atoms with Gasteiger partial charge in [0.25, 0.3) is 0 Å². The molecule has 0 saturated carbocycles. The molecule has 168 valence electrons. The zero-order valence-corrected chi connectivity index (χ0v) is 21.1. The largest absolute Gasteiger partial charge is 0.243 e. The van der Waals surface area contributed by atoms with Crippen molar-refractivity contribution in [3.63, 3.8) is 0 Å². The molecule has 2 atom stereocenters. The van der Waals surface area contributed by atoms with E-state index in [1.165, 1.54) is 11.1 Å². The SMILES string of the molecule is Cc1ccc(S(=O)(=O)N2CC[C@@H](c3ccccc3)[C@@H]2C[Si](C)(C)Cc2ccccc2)cc1. The Bertz CT molecular complexity index is 1130. The molecule has 1 heterocycles. The molecule has 32 heavy (non-hydrogen) atoms. The van der Waals surface area contributed by atoms with Gasteiger partial charge in [-0.05, 0) is 43.1 Å². The molecule has 3 aromatic carbocycles. The second-order valence-corrected chi connectivity index (χ2v) is 16.8. The number of sulfonamides is 1. The first-order chi connectivity index (χ1) is 15.3. The summed E-state index contributed by atoms with van der Waals surface area (Å²) in [5.41, 5.74) is 3.68. The van der Waals surface area contributed by atoms with E-state index in [-0.39, 0.29) is 12.0 Å². The van der Waals surface area contributed by atoms with Gasteiger partial charge in [0.2, 0.25) is 10.0 Å². The summed E-state index contributed by atoms with van der Waals surface area (Å²) in [5, 5.41) is 0. The summed E-state index contributed by atoms with van der Waals surface area (Å²) >= 11 is 0. The molecule has 0 bridgehead atoms. The normalized spacial score (nSPS) is 19.8. The first kappa shape index (κ1) is 23.0. The molecule has 1 fully saturated rings. The molecule has 0 aliphatic carbocycles. The van der Waals surface area contributed by atoms with Crippen LogP contribution in [0, 0.1) is 6.92 Å². The molecule has 1 saturated heterocycles. The van der Waals surface area contributed by atoms with Crippen LogP contribution < -0.4 is 0 Å². The van der Waals surface area contributed by atoms with Crippen LogP contribution in [0.1, 0.15) is 29.0 Å². The molecule has 4 rings (SSSR count). The van der Waals surface area contributed by atoms with Crippen molar-refractivity contribution in [1.29, 1.82) is 0 Å².